The summed E-state index contributed by atoms with van der Waals surface area (Å²) in [6, 6.07) is 7.11. The Morgan fingerprint density at radius 3 is 2.89 bits per heavy atom. The lowest BCUT2D eigenvalue weighted by molar-refractivity contribution is -0.137. The number of rotatable bonds is 5. The zero-order valence-corrected chi connectivity index (χ0v) is 10.5. The number of imidazole rings is 1. The molecule has 0 saturated carbocycles. The SMILES string of the molecule is CC(C(=O)NCCC(=O)O)n1cnc2ccccc21. The molecule has 19 heavy (non-hydrogen) atoms. The smallest absolute Gasteiger partial charge is 0.305 e. The highest BCUT2D eigenvalue weighted by Crippen LogP contribution is 2.17. The minimum Gasteiger partial charge on any atom is -0.481 e. The molecule has 6 heteroatoms. The molecule has 0 aliphatic heterocycles. The first-order valence-corrected chi connectivity index (χ1v) is 6.00. The molecule has 0 radical (unpaired) electrons. The molecule has 0 aliphatic carbocycles. The van der Waals surface area contributed by atoms with Gasteiger partial charge in [0.15, 0.2) is 0 Å². The van der Waals surface area contributed by atoms with Gasteiger partial charge in [-0.3, -0.25) is 9.59 Å². The van der Waals surface area contributed by atoms with Gasteiger partial charge in [0.1, 0.15) is 6.04 Å². The third kappa shape index (κ3) is 2.90. The Morgan fingerprint density at radius 2 is 2.16 bits per heavy atom. The fourth-order valence-electron chi connectivity index (χ4n) is 1.85. The van der Waals surface area contributed by atoms with Gasteiger partial charge in [-0.2, -0.15) is 0 Å². The number of carboxylic acids is 1. The van der Waals surface area contributed by atoms with Crippen LogP contribution in [0.5, 0.6) is 0 Å². The first-order chi connectivity index (χ1) is 9.09. The Bertz CT molecular complexity index is 606. The van der Waals surface area contributed by atoms with E-state index in [0.29, 0.717) is 0 Å². The third-order valence-electron chi connectivity index (χ3n) is 2.92. The lowest BCUT2D eigenvalue weighted by Gasteiger charge is -2.14. The second-order valence-corrected chi connectivity index (χ2v) is 4.25. The summed E-state index contributed by atoms with van der Waals surface area (Å²) in [7, 11) is 0. The van der Waals surface area contributed by atoms with Crippen molar-refractivity contribution in [2.45, 2.75) is 19.4 Å². The highest BCUT2D eigenvalue weighted by Gasteiger charge is 2.16. The topological polar surface area (TPSA) is 84.2 Å². The number of amides is 1. The van der Waals surface area contributed by atoms with Gasteiger partial charge in [0.25, 0.3) is 0 Å². The van der Waals surface area contributed by atoms with Crippen molar-refractivity contribution >= 4 is 22.9 Å². The molecule has 0 fully saturated rings. The molecule has 2 N–H and O–H groups in total. The number of aromatic nitrogens is 2. The van der Waals surface area contributed by atoms with Gasteiger partial charge in [-0.15, -0.1) is 0 Å². The highest BCUT2D eigenvalue weighted by atomic mass is 16.4. The van der Waals surface area contributed by atoms with Crippen LogP contribution in [0.4, 0.5) is 0 Å². The molecule has 0 saturated heterocycles. The quantitative estimate of drug-likeness (QED) is 0.846. The molecule has 0 bridgehead atoms. The molecule has 0 aliphatic rings. The van der Waals surface area contributed by atoms with Crippen molar-refractivity contribution in [3.63, 3.8) is 0 Å². The molecular weight excluding hydrogens is 246 g/mol. The average Bonchev–Trinajstić information content (AvgIpc) is 2.81. The third-order valence-corrected chi connectivity index (χ3v) is 2.92. The van der Waals surface area contributed by atoms with Crippen LogP contribution in [-0.2, 0) is 9.59 Å². The fourth-order valence-corrected chi connectivity index (χ4v) is 1.85. The summed E-state index contributed by atoms with van der Waals surface area (Å²) in [5, 5.41) is 11.1. The van der Waals surface area contributed by atoms with Gasteiger partial charge in [-0.1, -0.05) is 12.1 Å². The number of carboxylic acid groups (broad SMARTS) is 1. The number of benzene rings is 1. The van der Waals surface area contributed by atoms with Crippen molar-refractivity contribution in [3.8, 4) is 0 Å². The largest absolute Gasteiger partial charge is 0.481 e. The van der Waals surface area contributed by atoms with Gasteiger partial charge in [0.2, 0.25) is 5.91 Å². The van der Waals surface area contributed by atoms with Gasteiger partial charge >= 0.3 is 5.97 Å². The van der Waals surface area contributed by atoms with E-state index in [1.165, 1.54) is 0 Å². The molecule has 1 amide bonds. The van der Waals surface area contributed by atoms with Gasteiger partial charge in [0, 0.05) is 6.54 Å². The van der Waals surface area contributed by atoms with Crippen molar-refractivity contribution in [1.29, 1.82) is 0 Å². The van der Waals surface area contributed by atoms with Crippen LogP contribution < -0.4 is 5.32 Å². The predicted octanol–water partition coefficient (Wildman–Crippen LogP) is 1.19. The van der Waals surface area contributed by atoms with Crippen LogP contribution in [0.3, 0.4) is 0 Å². The summed E-state index contributed by atoms with van der Waals surface area (Å²) in [6.07, 6.45) is 1.54. The Morgan fingerprint density at radius 1 is 1.42 bits per heavy atom. The Hall–Kier alpha value is -2.37. The van der Waals surface area contributed by atoms with E-state index in [4.69, 9.17) is 5.11 Å². The number of nitrogens with zero attached hydrogens (tertiary/aromatic N) is 2. The second kappa shape index (κ2) is 5.51. The maximum absolute atomic E-state index is 11.9. The normalized spacial score (nSPS) is 12.3. The minimum absolute atomic E-state index is 0.0802. The summed E-state index contributed by atoms with van der Waals surface area (Å²) < 4.78 is 1.77. The summed E-state index contributed by atoms with van der Waals surface area (Å²) in [4.78, 5) is 26.5. The fraction of sp³-hybridized carbons (Fsp3) is 0.308. The molecule has 2 aromatic rings. The summed E-state index contributed by atoms with van der Waals surface area (Å²) in [5.74, 6) is -1.15. The van der Waals surface area contributed by atoms with Crippen molar-refractivity contribution in [2.75, 3.05) is 6.54 Å². The number of carbonyl (C=O) groups excluding carboxylic acids is 1. The van der Waals surface area contributed by atoms with Crippen LogP contribution in [0.15, 0.2) is 30.6 Å². The Kier molecular flexibility index (Phi) is 3.79. The Labute approximate surface area is 110 Å². The summed E-state index contributed by atoms with van der Waals surface area (Å²) >= 11 is 0. The zero-order valence-electron chi connectivity index (χ0n) is 10.5. The molecule has 1 atom stereocenters. The summed E-state index contributed by atoms with van der Waals surface area (Å²) in [5.41, 5.74) is 1.70. The van der Waals surface area contributed by atoms with E-state index in [0.717, 1.165) is 11.0 Å². The molecule has 1 heterocycles. The van der Waals surface area contributed by atoms with E-state index in [9.17, 15) is 9.59 Å². The monoisotopic (exact) mass is 261 g/mol. The van der Waals surface area contributed by atoms with Crippen LogP contribution in [0.25, 0.3) is 11.0 Å². The second-order valence-electron chi connectivity index (χ2n) is 4.25. The lowest BCUT2D eigenvalue weighted by atomic mass is 10.2. The van der Waals surface area contributed by atoms with Crippen LogP contribution in [-0.4, -0.2) is 33.1 Å². The molecule has 100 valence electrons. The molecular formula is C13H15N3O3. The van der Waals surface area contributed by atoms with E-state index in [1.807, 2.05) is 24.3 Å². The van der Waals surface area contributed by atoms with Gasteiger partial charge in [0.05, 0.1) is 23.8 Å². The predicted molar refractivity (Wildman–Crippen MR) is 69.7 cm³/mol. The number of fused-ring (bicyclic) bond motifs is 1. The molecule has 1 aromatic carbocycles. The number of hydrogen-bond donors (Lipinski definition) is 2. The highest BCUT2D eigenvalue weighted by molar-refractivity contribution is 5.83. The molecule has 0 spiro atoms. The number of aliphatic carboxylic acids is 1. The van der Waals surface area contributed by atoms with E-state index < -0.39 is 12.0 Å². The molecule has 1 aromatic heterocycles. The molecule has 6 nitrogen and oxygen atoms in total. The number of hydrogen-bond acceptors (Lipinski definition) is 3. The van der Waals surface area contributed by atoms with E-state index in [2.05, 4.69) is 10.3 Å². The van der Waals surface area contributed by atoms with E-state index in [-0.39, 0.29) is 18.9 Å². The lowest BCUT2D eigenvalue weighted by Crippen LogP contribution is -2.32. The van der Waals surface area contributed by atoms with E-state index >= 15 is 0 Å². The number of carbonyl (C=O) groups is 2. The van der Waals surface area contributed by atoms with Crippen molar-refractivity contribution in [3.05, 3.63) is 30.6 Å². The minimum atomic E-state index is -0.930. The molecule has 2 rings (SSSR count). The zero-order chi connectivity index (χ0) is 13.8. The Balaban J connectivity index is 2.08. The van der Waals surface area contributed by atoms with Crippen LogP contribution in [0.2, 0.25) is 0 Å². The van der Waals surface area contributed by atoms with Gasteiger partial charge in [-0.25, -0.2) is 4.98 Å². The summed E-state index contributed by atoms with van der Waals surface area (Å²) in [6.45, 7) is 1.88. The standard InChI is InChI=1S/C13H15N3O3/c1-9(13(19)14-7-6-12(17)18)16-8-15-10-4-2-3-5-11(10)16/h2-5,8-9H,6-7H2,1H3,(H,14,19)(H,17,18). The van der Waals surface area contributed by atoms with Crippen molar-refractivity contribution in [2.24, 2.45) is 0 Å². The van der Waals surface area contributed by atoms with Crippen LogP contribution in [0.1, 0.15) is 19.4 Å². The maximum Gasteiger partial charge on any atom is 0.305 e. The van der Waals surface area contributed by atoms with E-state index in [1.54, 1.807) is 17.8 Å². The number of para-hydroxylation sites is 2. The van der Waals surface area contributed by atoms with Gasteiger partial charge in [-0.05, 0) is 19.1 Å². The van der Waals surface area contributed by atoms with Gasteiger partial charge < -0.3 is 15.0 Å². The average molecular weight is 261 g/mol. The van der Waals surface area contributed by atoms with Crippen LogP contribution >= 0.6 is 0 Å². The van der Waals surface area contributed by atoms with Crippen LogP contribution in [0, 0.1) is 0 Å². The number of nitrogens with one attached hydrogen (secondary N) is 1. The first kappa shape index (κ1) is 13.1. The van der Waals surface area contributed by atoms with Crippen molar-refractivity contribution < 1.29 is 14.7 Å². The molecule has 1 unspecified atom stereocenters. The van der Waals surface area contributed by atoms with Crippen molar-refractivity contribution in [1.82, 2.24) is 14.9 Å². The maximum atomic E-state index is 11.9. The first-order valence-electron chi connectivity index (χ1n) is 6.00.